The number of carbonyl (C=O) groups excluding carboxylic acids is 2. The number of hydrogen-bond acceptors (Lipinski definition) is 8. The Morgan fingerprint density at radius 3 is 1.81 bits per heavy atom. The van der Waals surface area contributed by atoms with Gasteiger partial charge in [-0.1, -0.05) is 6.07 Å². The first-order valence-corrected chi connectivity index (χ1v) is 9.30. The molecule has 32 heavy (non-hydrogen) atoms. The maximum Gasteiger partial charge on any atom is 0.425 e. The first kappa shape index (κ1) is 24.2. The van der Waals surface area contributed by atoms with Gasteiger partial charge in [0, 0.05) is 5.57 Å². The second kappa shape index (κ2) is 11.3. The zero-order chi connectivity index (χ0) is 23.7. The van der Waals surface area contributed by atoms with E-state index < -0.39 is 12.0 Å². The molecule has 172 valence electrons. The number of amides is 2. The Morgan fingerprint density at radius 1 is 0.719 bits per heavy atom. The van der Waals surface area contributed by atoms with E-state index in [0.717, 1.165) is 0 Å². The second-order valence-corrected chi connectivity index (χ2v) is 6.16. The highest BCUT2D eigenvalue weighted by atomic mass is 16.5. The van der Waals surface area contributed by atoms with E-state index in [-0.39, 0.29) is 5.57 Å². The monoisotopic (exact) mass is 446 g/mol. The largest absolute Gasteiger partial charge is 0.493 e. The first-order chi connectivity index (χ1) is 15.4. The van der Waals surface area contributed by atoms with Crippen LogP contribution in [-0.2, 0) is 9.53 Å². The van der Waals surface area contributed by atoms with Gasteiger partial charge in [0.2, 0.25) is 5.75 Å². The molecular formula is C22H26N2O8. The van der Waals surface area contributed by atoms with Gasteiger partial charge in [-0.05, 0) is 41.5 Å². The van der Waals surface area contributed by atoms with Crippen molar-refractivity contribution in [2.45, 2.75) is 0 Å². The van der Waals surface area contributed by atoms with Crippen LogP contribution in [0.25, 0.3) is 11.6 Å². The molecule has 0 saturated heterocycles. The summed E-state index contributed by atoms with van der Waals surface area (Å²) in [4.78, 5) is 24.4. The average Bonchev–Trinajstić information content (AvgIpc) is 2.84. The molecular weight excluding hydrogens is 420 g/mol. The van der Waals surface area contributed by atoms with Gasteiger partial charge in [0.1, 0.15) is 0 Å². The number of hydrogen-bond donors (Lipinski definition) is 2. The maximum atomic E-state index is 13.0. The van der Waals surface area contributed by atoms with Crippen molar-refractivity contribution in [1.82, 2.24) is 10.9 Å². The van der Waals surface area contributed by atoms with Crippen molar-refractivity contribution >= 4 is 23.6 Å². The zero-order valence-corrected chi connectivity index (χ0v) is 18.7. The van der Waals surface area contributed by atoms with Crippen LogP contribution in [0.4, 0.5) is 4.79 Å². The predicted octanol–water partition coefficient (Wildman–Crippen LogP) is 2.66. The molecule has 2 amide bonds. The molecule has 0 aliphatic rings. The van der Waals surface area contributed by atoms with Gasteiger partial charge in [-0.25, -0.2) is 10.2 Å². The van der Waals surface area contributed by atoms with Gasteiger partial charge in [-0.15, -0.1) is 0 Å². The minimum absolute atomic E-state index is 0.188. The Bertz CT molecular complexity index is 978. The lowest BCUT2D eigenvalue weighted by Gasteiger charge is -2.16. The lowest BCUT2D eigenvalue weighted by molar-refractivity contribution is -0.116. The normalized spacial score (nSPS) is 10.6. The number of hydrazine groups is 1. The summed E-state index contributed by atoms with van der Waals surface area (Å²) >= 11 is 0. The van der Waals surface area contributed by atoms with Crippen molar-refractivity contribution in [3.8, 4) is 28.7 Å². The van der Waals surface area contributed by atoms with Crippen molar-refractivity contribution in [2.24, 2.45) is 0 Å². The van der Waals surface area contributed by atoms with Crippen molar-refractivity contribution in [1.29, 1.82) is 0 Å². The molecule has 0 unspecified atom stereocenters. The Morgan fingerprint density at radius 2 is 1.31 bits per heavy atom. The fraction of sp³-hybridized carbons (Fsp3) is 0.273. The highest BCUT2D eigenvalue weighted by Gasteiger charge is 2.20. The van der Waals surface area contributed by atoms with Gasteiger partial charge in [-0.3, -0.25) is 10.2 Å². The van der Waals surface area contributed by atoms with E-state index in [2.05, 4.69) is 15.6 Å². The summed E-state index contributed by atoms with van der Waals surface area (Å²) in [6, 6.07) is 8.40. The van der Waals surface area contributed by atoms with Gasteiger partial charge in [0.25, 0.3) is 5.91 Å². The molecule has 0 spiro atoms. The number of rotatable bonds is 8. The van der Waals surface area contributed by atoms with Gasteiger partial charge in [0.15, 0.2) is 23.0 Å². The number of methoxy groups -OCH3 is 6. The van der Waals surface area contributed by atoms with Gasteiger partial charge >= 0.3 is 6.09 Å². The molecule has 2 rings (SSSR count). The highest BCUT2D eigenvalue weighted by Crippen LogP contribution is 2.40. The predicted molar refractivity (Wildman–Crippen MR) is 117 cm³/mol. The van der Waals surface area contributed by atoms with E-state index in [9.17, 15) is 9.59 Å². The molecule has 10 heteroatoms. The molecule has 2 aromatic rings. The third-order valence-corrected chi connectivity index (χ3v) is 4.40. The second-order valence-electron chi connectivity index (χ2n) is 6.16. The van der Waals surface area contributed by atoms with E-state index in [0.29, 0.717) is 39.9 Å². The molecule has 0 aliphatic carbocycles. The molecule has 0 saturated carbocycles. The summed E-state index contributed by atoms with van der Waals surface area (Å²) < 4.78 is 31.2. The molecule has 10 nitrogen and oxygen atoms in total. The third-order valence-electron chi connectivity index (χ3n) is 4.40. The fourth-order valence-electron chi connectivity index (χ4n) is 2.85. The first-order valence-electron chi connectivity index (χ1n) is 9.30. The molecule has 0 fully saturated rings. The quantitative estimate of drug-likeness (QED) is 0.362. The van der Waals surface area contributed by atoms with Crippen LogP contribution in [0.5, 0.6) is 28.7 Å². The summed E-state index contributed by atoms with van der Waals surface area (Å²) in [5.74, 6) is 1.49. The number of benzene rings is 2. The number of ether oxygens (including phenoxy) is 6. The van der Waals surface area contributed by atoms with E-state index in [1.807, 2.05) is 0 Å². The van der Waals surface area contributed by atoms with Crippen molar-refractivity contribution in [3.63, 3.8) is 0 Å². The molecule has 0 heterocycles. The summed E-state index contributed by atoms with van der Waals surface area (Å²) in [7, 11) is 8.64. The van der Waals surface area contributed by atoms with Crippen LogP contribution < -0.4 is 34.5 Å². The van der Waals surface area contributed by atoms with E-state index in [1.54, 1.807) is 36.4 Å². The molecule has 0 radical (unpaired) electrons. The standard InChI is InChI=1S/C22H26N2O8/c1-27-16-8-7-13(10-17(16)28-2)9-15(21(25)23-24-22(26)32-6)14-11-18(29-3)20(31-5)19(12-14)30-4/h7-12H,1-6H3,(H,23,25)(H,24,26)/b15-9+. The lowest BCUT2D eigenvalue weighted by Crippen LogP contribution is -2.41. The fourth-order valence-corrected chi connectivity index (χ4v) is 2.85. The van der Waals surface area contributed by atoms with E-state index in [1.165, 1.54) is 42.7 Å². The SMILES string of the molecule is COC(=O)NNC(=O)/C(=C/c1ccc(OC)c(OC)c1)c1cc(OC)c(OC)c(OC)c1. The van der Waals surface area contributed by atoms with Gasteiger partial charge < -0.3 is 28.4 Å². The van der Waals surface area contributed by atoms with Crippen LogP contribution in [0.15, 0.2) is 30.3 Å². The minimum atomic E-state index is -0.825. The Hall–Kier alpha value is -4.08. The molecule has 2 N–H and O–H groups in total. The molecule has 0 bridgehead atoms. The average molecular weight is 446 g/mol. The topological polar surface area (TPSA) is 114 Å². The van der Waals surface area contributed by atoms with Crippen molar-refractivity contribution < 1.29 is 38.0 Å². The third kappa shape index (κ3) is 5.54. The van der Waals surface area contributed by atoms with E-state index in [4.69, 9.17) is 23.7 Å². The molecule has 0 atom stereocenters. The van der Waals surface area contributed by atoms with Crippen LogP contribution in [0.1, 0.15) is 11.1 Å². The summed E-state index contributed by atoms with van der Waals surface area (Å²) in [6.45, 7) is 0. The number of carbonyl (C=O) groups is 2. The van der Waals surface area contributed by atoms with Crippen molar-refractivity contribution in [3.05, 3.63) is 41.5 Å². The Labute approximate surface area is 186 Å². The molecule has 0 aromatic heterocycles. The van der Waals surface area contributed by atoms with Crippen LogP contribution in [-0.4, -0.2) is 54.7 Å². The summed E-state index contributed by atoms with van der Waals surface area (Å²) in [6.07, 6.45) is 0.783. The van der Waals surface area contributed by atoms with Crippen LogP contribution >= 0.6 is 0 Å². The smallest absolute Gasteiger partial charge is 0.425 e. The van der Waals surface area contributed by atoms with Crippen molar-refractivity contribution in [2.75, 3.05) is 42.7 Å². The number of nitrogens with one attached hydrogen (secondary N) is 2. The summed E-state index contributed by atoms with van der Waals surface area (Å²) in [5.41, 5.74) is 5.73. The van der Waals surface area contributed by atoms with Gasteiger partial charge in [0.05, 0.1) is 42.7 Å². The van der Waals surface area contributed by atoms with E-state index >= 15 is 0 Å². The summed E-state index contributed by atoms with van der Waals surface area (Å²) in [5, 5.41) is 0. The Balaban J connectivity index is 2.63. The molecule has 0 aliphatic heterocycles. The van der Waals surface area contributed by atoms with Crippen LogP contribution in [0, 0.1) is 0 Å². The van der Waals surface area contributed by atoms with Crippen LogP contribution in [0.3, 0.4) is 0 Å². The van der Waals surface area contributed by atoms with Gasteiger partial charge in [-0.2, -0.15) is 0 Å². The molecule has 2 aromatic carbocycles. The highest BCUT2D eigenvalue weighted by molar-refractivity contribution is 6.24. The maximum absolute atomic E-state index is 13.0. The minimum Gasteiger partial charge on any atom is -0.493 e. The zero-order valence-electron chi connectivity index (χ0n) is 18.7. The van der Waals surface area contributed by atoms with Crippen LogP contribution in [0.2, 0.25) is 0 Å². The lowest BCUT2D eigenvalue weighted by atomic mass is 10.0. The Kier molecular flexibility index (Phi) is 8.58.